The van der Waals surface area contributed by atoms with E-state index in [2.05, 4.69) is 0 Å². The second-order valence-corrected chi connectivity index (χ2v) is 5.27. The number of rotatable bonds is 3. The van der Waals surface area contributed by atoms with E-state index in [4.69, 9.17) is 9.47 Å². The molecule has 0 bridgehead atoms. The van der Waals surface area contributed by atoms with Crippen LogP contribution < -0.4 is 0 Å². The summed E-state index contributed by atoms with van der Waals surface area (Å²) < 4.78 is 9.57. The molecule has 5 heteroatoms. The summed E-state index contributed by atoms with van der Waals surface area (Å²) in [4.78, 5) is 35.2. The summed E-state index contributed by atoms with van der Waals surface area (Å²) in [5.74, 6) is -1.19. The maximum atomic E-state index is 12.0. The molecule has 0 radical (unpaired) electrons. The highest BCUT2D eigenvalue weighted by molar-refractivity contribution is 6.00. The molecule has 5 nitrogen and oxygen atoms in total. The van der Waals surface area contributed by atoms with Crippen molar-refractivity contribution in [2.24, 2.45) is 23.2 Å². The van der Waals surface area contributed by atoms with Crippen LogP contribution in [0.1, 0.15) is 19.3 Å². The van der Waals surface area contributed by atoms with Crippen molar-refractivity contribution in [2.75, 3.05) is 14.2 Å². The van der Waals surface area contributed by atoms with Gasteiger partial charge in [-0.05, 0) is 31.1 Å². The van der Waals surface area contributed by atoms with Crippen LogP contribution in [0.25, 0.3) is 0 Å². The van der Waals surface area contributed by atoms with Crippen LogP contribution in [0.5, 0.6) is 0 Å². The number of carbonyl (C=O) groups is 3. The standard InChI is InChI=1S/C14H18O5/c1-18-12(16)14(13(17)19-2)6-9-4-3-5-10(8-15)11(9)7-14/h3-4,8-11H,5-7H2,1-2H3/t9-,10+,11-/m1/s1. The molecule has 0 saturated heterocycles. The fourth-order valence-electron chi connectivity index (χ4n) is 3.42. The highest BCUT2D eigenvalue weighted by Crippen LogP contribution is 2.52. The smallest absolute Gasteiger partial charge is 0.323 e. The third-order valence-electron chi connectivity index (χ3n) is 4.39. The lowest BCUT2D eigenvalue weighted by atomic mass is 9.78. The number of methoxy groups -OCH3 is 2. The Morgan fingerprint density at radius 1 is 1.21 bits per heavy atom. The van der Waals surface area contributed by atoms with Gasteiger partial charge in [0.1, 0.15) is 6.29 Å². The average molecular weight is 266 g/mol. The SMILES string of the molecule is COC(=O)C1(C(=O)OC)C[C@H]2[C@H](C=O)CC=C[C@@H]2C1. The monoisotopic (exact) mass is 266 g/mol. The van der Waals surface area contributed by atoms with Crippen LogP contribution in [0, 0.1) is 23.2 Å². The van der Waals surface area contributed by atoms with Crippen molar-refractivity contribution in [1.82, 2.24) is 0 Å². The Labute approximate surface area is 111 Å². The molecule has 1 fully saturated rings. The molecular formula is C14H18O5. The molecule has 3 atom stereocenters. The van der Waals surface area contributed by atoms with Gasteiger partial charge >= 0.3 is 11.9 Å². The van der Waals surface area contributed by atoms with Gasteiger partial charge in [0.2, 0.25) is 0 Å². The van der Waals surface area contributed by atoms with Gasteiger partial charge in [0.25, 0.3) is 0 Å². The molecule has 0 N–H and O–H groups in total. The maximum Gasteiger partial charge on any atom is 0.323 e. The molecule has 104 valence electrons. The molecule has 0 unspecified atom stereocenters. The van der Waals surface area contributed by atoms with Gasteiger partial charge in [0, 0.05) is 5.92 Å². The Bertz CT molecular complexity index is 410. The predicted molar refractivity (Wildman–Crippen MR) is 66.0 cm³/mol. The quantitative estimate of drug-likeness (QED) is 0.331. The highest BCUT2D eigenvalue weighted by atomic mass is 16.5. The first-order valence-corrected chi connectivity index (χ1v) is 6.38. The summed E-state index contributed by atoms with van der Waals surface area (Å²) >= 11 is 0. The average Bonchev–Trinajstić information content (AvgIpc) is 2.85. The molecule has 0 aromatic heterocycles. The van der Waals surface area contributed by atoms with Gasteiger partial charge in [0.05, 0.1) is 14.2 Å². The Kier molecular flexibility index (Phi) is 3.73. The molecule has 0 aliphatic heterocycles. The molecule has 2 aliphatic carbocycles. The second-order valence-electron chi connectivity index (χ2n) is 5.27. The van der Waals surface area contributed by atoms with Crippen LogP contribution in [-0.2, 0) is 23.9 Å². The second kappa shape index (κ2) is 5.15. The lowest BCUT2D eigenvalue weighted by Gasteiger charge is -2.25. The number of hydrogen-bond acceptors (Lipinski definition) is 5. The van der Waals surface area contributed by atoms with Gasteiger partial charge in [-0.2, -0.15) is 0 Å². The molecular weight excluding hydrogens is 248 g/mol. The zero-order valence-corrected chi connectivity index (χ0v) is 11.1. The largest absolute Gasteiger partial charge is 0.468 e. The Morgan fingerprint density at radius 3 is 2.37 bits per heavy atom. The van der Waals surface area contributed by atoms with Gasteiger partial charge in [-0.25, -0.2) is 0 Å². The number of esters is 2. The van der Waals surface area contributed by atoms with Crippen LogP contribution >= 0.6 is 0 Å². The predicted octanol–water partition coefficient (Wildman–Crippen LogP) is 1.12. The number of hydrogen-bond donors (Lipinski definition) is 0. The van der Waals surface area contributed by atoms with Crippen molar-refractivity contribution in [3.63, 3.8) is 0 Å². The Hall–Kier alpha value is -1.65. The minimum Gasteiger partial charge on any atom is -0.468 e. The third-order valence-corrected chi connectivity index (χ3v) is 4.39. The van der Waals surface area contributed by atoms with E-state index < -0.39 is 17.4 Å². The summed E-state index contributed by atoms with van der Waals surface area (Å²) in [6.45, 7) is 0. The zero-order valence-electron chi connectivity index (χ0n) is 11.1. The number of carbonyl (C=O) groups excluding carboxylic acids is 3. The fraction of sp³-hybridized carbons (Fsp3) is 0.643. The molecule has 0 aromatic carbocycles. The van der Waals surface area contributed by atoms with E-state index in [1.807, 2.05) is 12.2 Å². The maximum absolute atomic E-state index is 12.0. The zero-order chi connectivity index (χ0) is 14.0. The van der Waals surface area contributed by atoms with Crippen molar-refractivity contribution in [2.45, 2.75) is 19.3 Å². The highest BCUT2D eigenvalue weighted by Gasteiger charge is 2.58. The van der Waals surface area contributed by atoms with Crippen molar-refractivity contribution < 1.29 is 23.9 Å². The van der Waals surface area contributed by atoms with Crippen LogP contribution in [0.15, 0.2) is 12.2 Å². The summed E-state index contributed by atoms with van der Waals surface area (Å²) in [5, 5.41) is 0. The lowest BCUT2D eigenvalue weighted by Crippen LogP contribution is -2.39. The van der Waals surface area contributed by atoms with Gasteiger partial charge in [-0.3, -0.25) is 9.59 Å². The first-order valence-electron chi connectivity index (χ1n) is 6.38. The summed E-state index contributed by atoms with van der Waals surface area (Å²) in [7, 11) is 2.53. The molecule has 1 saturated carbocycles. The van der Waals surface area contributed by atoms with Crippen LogP contribution in [-0.4, -0.2) is 32.4 Å². The minimum absolute atomic E-state index is 0.0145. The van der Waals surface area contributed by atoms with Crippen LogP contribution in [0.2, 0.25) is 0 Å². The van der Waals surface area contributed by atoms with E-state index in [0.29, 0.717) is 19.3 Å². The first kappa shape index (κ1) is 13.8. The van der Waals surface area contributed by atoms with Crippen molar-refractivity contribution >= 4 is 18.2 Å². The van der Waals surface area contributed by atoms with E-state index in [-0.39, 0.29) is 17.8 Å². The summed E-state index contributed by atoms with van der Waals surface area (Å²) in [6.07, 6.45) is 6.22. The van der Waals surface area contributed by atoms with Crippen LogP contribution in [0.4, 0.5) is 0 Å². The molecule has 19 heavy (non-hydrogen) atoms. The van der Waals surface area contributed by atoms with E-state index >= 15 is 0 Å². The van der Waals surface area contributed by atoms with Gasteiger partial charge in [0.15, 0.2) is 5.41 Å². The lowest BCUT2D eigenvalue weighted by molar-refractivity contribution is -0.169. The first-order chi connectivity index (χ1) is 9.08. The van der Waals surface area contributed by atoms with Crippen molar-refractivity contribution in [3.05, 3.63) is 12.2 Å². The van der Waals surface area contributed by atoms with Gasteiger partial charge in [-0.1, -0.05) is 12.2 Å². The minimum atomic E-state index is -1.26. The van der Waals surface area contributed by atoms with Crippen molar-refractivity contribution in [3.8, 4) is 0 Å². The van der Waals surface area contributed by atoms with E-state index in [1.54, 1.807) is 0 Å². The summed E-state index contributed by atoms with van der Waals surface area (Å²) in [6, 6.07) is 0. The topological polar surface area (TPSA) is 69.7 Å². The number of ether oxygens (including phenoxy) is 2. The number of allylic oxidation sites excluding steroid dienone is 2. The van der Waals surface area contributed by atoms with Gasteiger partial charge < -0.3 is 14.3 Å². The normalized spacial score (nSPS) is 31.4. The molecule has 2 rings (SSSR count). The molecule has 0 amide bonds. The van der Waals surface area contributed by atoms with Crippen molar-refractivity contribution in [1.29, 1.82) is 0 Å². The Balaban J connectivity index is 2.34. The molecule has 0 spiro atoms. The molecule has 0 aromatic rings. The van der Waals surface area contributed by atoms with Gasteiger partial charge in [-0.15, -0.1) is 0 Å². The molecule has 2 aliphatic rings. The number of fused-ring (bicyclic) bond motifs is 1. The van der Waals surface area contributed by atoms with E-state index in [9.17, 15) is 14.4 Å². The number of aldehydes is 1. The third kappa shape index (κ3) is 2.07. The Morgan fingerprint density at radius 2 is 1.84 bits per heavy atom. The van der Waals surface area contributed by atoms with E-state index in [0.717, 1.165) is 6.29 Å². The summed E-state index contributed by atoms with van der Waals surface area (Å²) in [5.41, 5.74) is -1.26. The van der Waals surface area contributed by atoms with E-state index in [1.165, 1.54) is 14.2 Å². The van der Waals surface area contributed by atoms with Crippen LogP contribution in [0.3, 0.4) is 0 Å². The fourth-order valence-corrected chi connectivity index (χ4v) is 3.42. The molecule has 0 heterocycles.